The van der Waals surface area contributed by atoms with Crippen molar-refractivity contribution in [3.8, 4) is 0 Å². The molecule has 1 fully saturated rings. The summed E-state index contributed by atoms with van der Waals surface area (Å²) in [6.07, 6.45) is 0. The standard InChI is InChI=1S/C12H11NO2S2/c1-2-13-11(15)10(17-12(13)16)9(14)8-6-4-3-5-7-8/h3-7,10H,2H2,1H3/t10-/m1/s1. The van der Waals surface area contributed by atoms with Gasteiger partial charge in [0.1, 0.15) is 4.32 Å². The molecule has 0 N–H and O–H groups in total. The molecule has 0 bridgehead atoms. The lowest BCUT2D eigenvalue weighted by molar-refractivity contribution is -0.125. The van der Waals surface area contributed by atoms with Gasteiger partial charge < -0.3 is 0 Å². The molecule has 0 spiro atoms. The summed E-state index contributed by atoms with van der Waals surface area (Å²) in [5.41, 5.74) is 0.555. The third kappa shape index (κ3) is 2.25. The van der Waals surface area contributed by atoms with Crippen molar-refractivity contribution in [3.63, 3.8) is 0 Å². The van der Waals surface area contributed by atoms with Crippen molar-refractivity contribution in [1.82, 2.24) is 4.90 Å². The van der Waals surface area contributed by atoms with Crippen LogP contribution in [-0.2, 0) is 4.79 Å². The number of ketones is 1. The van der Waals surface area contributed by atoms with Crippen molar-refractivity contribution >= 4 is 40.0 Å². The number of hydrogen-bond acceptors (Lipinski definition) is 4. The van der Waals surface area contributed by atoms with Gasteiger partial charge in [0.05, 0.1) is 0 Å². The van der Waals surface area contributed by atoms with Gasteiger partial charge in [0.2, 0.25) is 5.91 Å². The van der Waals surface area contributed by atoms with E-state index in [2.05, 4.69) is 0 Å². The minimum absolute atomic E-state index is 0.168. The summed E-state index contributed by atoms with van der Waals surface area (Å²) >= 11 is 6.25. The Balaban J connectivity index is 2.23. The second kappa shape index (κ2) is 4.98. The van der Waals surface area contributed by atoms with Gasteiger partial charge in [-0.25, -0.2) is 0 Å². The van der Waals surface area contributed by atoms with Crippen LogP contribution < -0.4 is 0 Å². The number of thiocarbonyl (C=S) groups is 1. The van der Waals surface area contributed by atoms with E-state index in [1.165, 1.54) is 16.7 Å². The highest BCUT2D eigenvalue weighted by Crippen LogP contribution is 2.29. The van der Waals surface area contributed by atoms with E-state index in [4.69, 9.17) is 12.2 Å². The maximum absolute atomic E-state index is 12.1. The fourth-order valence-corrected chi connectivity index (χ4v) is 3.18. The smallest absolute Gasteiger partial charge is 0.249 e. The molecule has 0 saturated carbocycles. The van der Waals surface area contributed by atoms with E-state index in [0.29, 0.717) is 16.4 Å². The normalized spacial score (nSPS) is 19.8. The summed E-state index contributed by atoms with van der Waals surface area (Å²) < 4.78 is 0.492. The highest BCUT2D eigenvalue weighted by molar-refractivity contribution is 8.24. The predicted molar refractivity (Wildman–Crippen MR) is 72.1 cm³/mol. The summed E-state index contributed by atoms with van der Waals surface area (Å²) in [5.74, 6) is -0.366. The second-order valence-electron chi connectivity index (χ2n) is 3.58. The Morgan fingerprint density at radius 1 is 1.41 bits per heavy atom. The summed E-state index contributed by atoms with van der Waals surface area (Å²) in [4.78, 5) is 25.6. The minimum atomic E-state index is -0.704. The first-order chi connectivity index (χ1) is 8.15. The molecular formula is C12H11NO2S2. The van der Waals surface area contributed by atoms with Crippen LogP contribution in [0.1, 0.15) is 17.3 Å². The Morgan fingerprint density at radius 2 is 2.06 bits per heavy atom. The Morgan fingerprint density at radius 3 is 2.59 bits per heavy atom. The van der Waals surface area contributed by atoms with Gasteiger partial charge in [0.15, 0.2) is 11.0 Å². The van der Waals surface area contributed by atoms with Gasteiger partial charge in [-0.15, -0.1) is 0 Å². The third-order valence-corrected chi connectivity index (χ3v) is 4.12. The molecule has 1 aromatic rings. The van der Waals surface area contributed by atoms with E-state index in [9.17, 15) is 9.59 Å². The first-order valence-corrected chi connectivity index (χ1v) is 6.55. The Kier molecular flexibility index (Phi) is 3.59. The van der Waals surface area contributed by atoms with Gasteiger partial charge in [0, 0.05) is 12.1 Å². The van der Waals surface area contributed by atoms with Crippen molar-refractivity contribution in [2.24, 2.45) is 0 Å². The third-order valence-electron chi connectivity index (χ3n) is 2.54. The highest BCUT2D eigenvalue weighted by atomic mass is 32.2. The van der Waals surface area contributed by atoms with Gasteiger partial charge in [-0.05, 0) is 6.92 Å². The highest BCUT2D eigenvalue weighted by Gasteiger charge is 2.40. The lowest BCUT2D eigenvalue weighted by Crippen LogP contribution is -2.34. The van der Waals surface area contributed by atoms with Crippen LogP contribution in [0.15, 0.2) is 30.3 Å². The van der Waals surface area contributed by atoms with E-state index < -0.39 is 5.25 Å². The first-order valence-electron chi connectivity index (χ1n) is 5.26. The van der Waals surface area contributed by atoms with Crippen molar-refractivity contribution in [2.45, 2.75) is 12.2 Å². The molecule has 0 radical (unpaired) electrons. The summed E-state index contributed by atoms with van der Waals surface area (Å²) in [6.45, 7) is 2.36. The fourth-order valence-electron chi connectivity index (χ4n) is 1.65. The van der Waals surface area contributed by atoms with Crippen LogP contribution in [0.2, 0.25) is 0 Å². The molecule has 1 saturated heterocycles. The van der Waals surface area contributed by atoms with Gasteiger partial charge in [-0.2, -0.15) is 0 Å². The average Bonchev–Trinajstić information content (AvgIpc) is 2.64. The largest absolute Gasteiger partial charge is 0.297 e. The van der Waals surface area contributed by atoms with Gasteiger partial charge in [-0.3, -0.25) is 14.5 Å². The van der Waals surface area contributed by atoms with Crippen molar-refractivity contribution in [1.29, 1.82) is 0 Å². The minimum Gasteiger partial charge on any atom is -0.297 e. The molecule has 17 heavy (non-hydrogen) atoms. The number of carbonyl (C=O) groups excluding carboxylic acids is 2. The molecule has 1 aromatic carbocycles. The quantitative estimate of drug-likeness (QED) is 0.476. The SMILES string of the molecule is CCN1C(=O)[C@@H](C(=O)c2ccccc2)SC1=S. The molecule has 1 atom stereocenters. The lowest BCUT2D eigenvalue weighted by Gasteiger charge is -2.11. The number of benzene rings is 1. The van der Waals surface area contributed by atoms with Crippen molar-refractivity contribution in [3.05, 3.63) is 35.9 Å². The summed E-state index contributed by atoms with van der Waals surface area (Å²) in [7, 11) is 0. The summed E-state index contributed by atoms with van der Waals surface area (Å²) in [5, 5.41) is -0.704. The average molecular weight is 265 g/mol. The van der Waals surface area contributed by atoms with Gasteiger partial charge in [-0.1, -0.05) is 54.3 Å². The predicted octanol–water partition coefficient (Wildman–Crippen LogP) is 2.12. The van der Waals surface area contributed by atoms with Crippen molar-refractivity contribution in [2.75, 3.05) is 6.54 Å². The van der Waals surface area contributed by atoms with Crippen LogP contribution in [0.5, 0.6) is 0 Å². The Bertz CT molecular complexity index is 473. The number of rotatable bonds is 3. The van der Waals surface area contributed by atoms with Crippen LogP contribution in [0, 0.1) is 0 Å². The lowest BCUT2D eigenvalue weighted by atomic mass is 10.1. The number of thioether (sulfide) groups is 1. The number of amides is 1. The number of nitrogens with zero attached hydrogens (tertiary/aromatic N) is 1. The molecular weight excluding hydrogens is 254 g/mol. The van der Waals surface area contributed by atoms with E-state index >= 15 is 0 Å². The zero-order chi connectivity index (χ0) is 12.4. The van der Waals surface area contributed by atoms with E-state index in [1.807, 2.05) is 13.0 Å². The monoisotopic (exact) mass is 265 g/mol. The molecule has 1 heterocycles. The molecule has 3 nitrogen and oxygen atoms in total. The molecule has 2 rings (SSSR count). The fraction of sp³-hybridized carbons (Fsp3) is 0.250. The molecule has 0 unspecified atom stereocenters. The molecule has 88 valence electrons. The molecule has 1 aliphatic rings. The summed E-state index contributed by atoms with van der Waals surface area (Å²) in [6, 6.07) is 8.84. The van der Waals surface area contributed by atoms with Crippen LogP contribution in [0.4, 0.5) is 0 Å². The molecule has 1 amide bonds. The van der Waals surface area contributed by atoms with E-state index in [1.54, 1.807) is 24.3 Å². The molecule has 1 aliphatic heterocycles. The number of Topliss-reactive ketones (excluding diaryl/α,β-unsaturated/α-hetero) is 1. The topological polar surface area (TPSA) is 37.4 Å². The molecule has 5 heteroatoms. The number of hydrogen-bond donors (Lipinski definition) is 0. The van der Waals surface area contributed by atoms with Gasteiger partial charge >= 0.3 is 0 Å². The van der Waals surface area contributed by atoms with Crippen LogP contribution in [0.3, 0.4) is 0 Å². The maximum atomic E-state index is 12.1. The van der Waals surface area contributed by atoms with Gasteiger partial charge in [0.25, 0.3) is 0 Å². The second-order valence-corrected chi connectivity index (χ2v) is 5.32. The number of carbonyl (C=O) groups is 2. The van der Waals surface area contributed by atoms with E-state index in [-0.39, 0.29) is 11.7 Å². The Labute approximate surface area is 109 Å². The zero-order valence-corrected chi connectivity index (χ0v) is 10.9. The van der Waals surface area contributed by atoms with Crippen LogP contribution in [0.25, 0.3) is 0 Å². The van der Waals surface area contributed by atoms with Crippen LogP contribution >= 0.6 is 24.0 Å². The molecule has 0 aliphatic carbocycles. The first kappa shape index (κ1) is 12.3. The Hall–Kier alpha value is -1.20. The van der Waals surface area contributed by atoms with Crippen molar-refractivity contribution < 1.29 is 9.59 Å². The van der Waals surface area contributed by atoms with E-state index in [0.717, 1.165) is 0 Å². The maximum Gasteiger partial charge on any atom is 0.249 e. The molecule has 0 aromatic heterocycles. The zero-order valence-electron chi connectivity index (χ0n) is 9.25. The van der Waals surface area contributed by atoms with Crippen LogP contribution in [-0.4, -0.2) is 32.7 Å².